The standard InChI is InChI=1S/C14H11ClN2O3/c1-20-14(19)11-5-4-10(7-12(11)15)17-13(18)9-3-2-6-16-8-9/h2-8H,1H3,(H,17,18). The Balaban J connectivity index is 2.17. The van der Waals surface area contributed by atoms with Crippen LogP contribution in [0.25, 0.3) is 0 Å². The van der Waals surface area contributed by atoms with Gasteiger partial charge < -0.3 is 10.1 Å². The summed E-state index contributed by atoms with van der Waals surface area (Å²) in [5.74, 6) is -0.833. The highest BCUT2D eigenvalue weighted by molar-refractivity contribution is 6.34. The number of nitrogens with one attached hydrogen (secondary N) is 1. The smallest absolute Gasteiger partial charge is 0.339 e. The Labute approximate surface area is 120 Å². The molecule has 0 aliphatic rings. The van der Waals surface area contributed by atoms with E-state index in [1.54, 1.807) is 24.4 Å². The fourth-order valence-electron chi connectivity index (χ4n) is 1.57. The van der Waals surface area contributed by atoms with Gasteiger partial charge in [0, 0.05) is 18.1 Å². The molecule has 0 bridgehead atoms. The number of nitrogens with zero attached hydrogens (tertiary/aromatic N) is 1. The van der Waals surface area contributed by atoms with Crippen molar-refractivity contribution in [1.82, 2.24) is 4.98 Å². The van der Waals surface area contributed by atoms with Crippen molar-refractivity contribution in [3.05, 3.63) is 58.9 Å². The fourth-order valence-corrected chi connectivity index (χ4v) is 1.83. The zero-order chi connectivity index (χ0) is 14.5. The Hall–Kier alpha value is -2.40. The largest absolute Gasteiger partial charge is 0.465 e. The van der Waals surface area contributed by atoms with Crippen molar-refractivity contribution >= 4 is 29.2 Å². The number of ether oxygens (including phenoxy) is 1. The van der Waals surface area contributed by atoms with E-state index in [0.29, 0.717) is 11.3 Å². The minimum Gasteiger partial charge on any atom is -0.465 e. The number of esters is 1. The Kier molecular flexibility index (Phi) is 4.32. The summed E-state index contributed by atoms with van der Waals surface area (Å²) in [6, 6.07) is 7.87. The normalized spacial score (nSPS) is 9.90. The highest BCUT2D eigenvalue weighted by Crippen LogP contribution is 2.22. The number of aromatic nitrogens is 1. The molecule has 0 atom stereocenters. The van der Waals surface area contributed by atoms with Crippen molar-refractivity contribution in [2.24, 2.45) is 0 Å². The zero-order valence-corrected chi connectivity index (χ0v) is 11.3. The lowest BCUT2D eigenvalue weighted by Crippen LogP contribution is -2.12. The van der Waals surface area contributed by atoms with Crippen LogP contribution in [0.3, 0.4) is 0 Å². The average molecular weight is 291 g/mol. The van der Waals surface area contributed by atoms with Crippen LogP contribution in [-0.4, -0.2) is 24.0 Å². The minimum atomic E-state index is -0.528. The summed E-state index contributed by atoms with van der Waals surface area (Å²) in [4.78, 5) is 27.2. The maximum atomic E-state index is 11.9. The predicted octanol–water partition coefficient (Wildman–Crippen LogP) is 2.77. The minimum absolute atomic E-state index is 0.209. The Morgan fingerprint density at radius 2 is 2.10 bits per heavy atom. The average Bonchev–Trinajstić information content (AvgIpc) is 2.47. The molecule has 2 rings (SSSR count). The summed E-state index contributed by atoms with van der Waals surface area (Å²) < 4.78 is 4.59. The number of amides is 1. The van der Waals surface area contributed by atoms with Gasteiger partial charge in [0.25, 0.3) is 5.91 Å². The van der Waals surface area contributed by atoms with Crippen molar-refractivity contribution in [2.75, 3.05) is 12.4 Å². The third-order valence-electron chi connectivity index (χ3n) is 2.56. The van der Waals surface area contributed by atoms with Gasteiger partial charge in [-0.05, 0) is 30.3 Å². The summed E-state index contributed by atoms with van der Waals surface area (Å²) in [7, 11) is 1.27. The molecule has 1 amide bonds. The highest BCUT2D eigenvalue weighted by Gasteiger charge is 2.12. The molecule has 0 spiro atoms. The molecule has 0 aliphatic carbocycles. The van der Waals surface area contributed by atoms with Gasteiger partial charge in [0.05, 0.1) is 23.3 Å². The third-order valence-corrected chi connectivity index (χ3v) is 2.87. The number of hydrogen-bond acceptors (Lipinski definition) is 4. The molecule has 0 aliphatic heterocycles. The zero-order valence-electron chi connectivity index (χ0n) is 10.6. The molecule has 0 saturated carbocycles. The number of carbonyl (C=O) groups is 2. The molecule has 2 aromatic rings. The van der Waals surface area contributed by atoms with E-state index in [-0.39, 0.29) is 16.5 Å². The number of methoxy groups -OCH3 is 1. The summed E-state index contributed by atoms with van der Waals surface area (Å²) in [6.07, 6.45) is 3.04. The Morgan fingerprint density at radius 3 is 2.70 bits per heavy atom. The molecule has 6 heteroatoms. The molecule has 1 aromatic heterocycles. The van der Waals surface area contributed by atoms with Gasteiger partial charge in [-0.25, -0.2) is 4.79 Å². The molecule has 1 aromatic carbocycles. The van der Waals surface area contributed by atoms with Crippen molar-refractivity contribution in [3.8, 4) is 0 Å². The van der Waals surface area contributed by atoms with Gasteiger partial charge in [-0.1, -0.05) is 11.6 Å². The molecule has 0 radical (unpaired) electrons. The van der Waals surface area contributed by atoms with Gasteiger partial charge in [-0.15, -0.1) is 0 Å². The third kappa shape index (κ3) is 3.13. The second kappa shape index (κ2) is 6.16. The van der Waals surface area contributed by atoms with Crippen molar-refractivity contribution in [3.63, 3.8) is 0 Å². The predicted molar refractivity (Wildman–Crippen MR) is 75.0 cm³/mol. The SMILES string of the molecule is COC(=O)c1ccc(NC(=O)c2cccnc2)cc1Cl. The van der Waals surface area contributed by atoms with E-state index in [1.165, 1.54) is 25.4 Å². The first-order valence-corrected chi connectivity index (χ1v) is 6.09. The first-order chi connectivity index (χ1) is 9.61. The summed E-state index contributed by atoms with van der Waals surface area (Å²) >= 11 is 5.97. The lowest BCUT2D eigenvalue weighted by atomic mass is 10.2. The molecule has 20 heavy (non-hydrogen) atoms. The van der Waals surface area contributed by atoms with Crippen molar-refractivity contribution < 1.29 is 14.3 Å². The number of carbonyl (C=O) groups excluding carboxylic acids is 2. The molecule has 0 fully saturated rings. The van der Waals surface area contributed by atoms with E-state index in [9.17, 15) is 9.59 Å². The van der Waals surface area contributed by atoms with Crippen molar-refractivity contribution in [2.45, 2.75) is 0 Å². The summed E-state index contributed by atoms with van der Waals surface area (Å²) in [5, 5.41) is 2.88. The molecule has 1 heterocycles. The number of halogens is 1. The van der Waals surface area contributed by atoms with Gasteiger partial charge in [0.1, 0.15) is 0 Å². The second-order valence-corrected chi connectivity index (χ2v) is 4.29. The number of anilines is 1. The van der Waals surface area contributed by atoms with Crippen molar-refractivity contribution in [1.29, 1.82) is 0 Å². The van der Waals surface area contributed by atoms with E-state index < -0.39 is 5.97 Å². The number of pyridine rings is 1. The van der Waals surface area contributed by atoms with Crippen LogP contribution >= 0.6 is 11.6 Å². The van der Waals surface area contributed by atoms with Crippen LogP contribution in [0.5, 0.6) is 0 Å². The van der Waals surface area contributed by atoms with Gasteiger partial charge in [0.15, 0.2) is 0 Å². The van der Waals surface area contributed by atoms with E-state index in [2.05, 4.69) is 15.0 Å². The van der Waals surface area contributed by atoms with Crippen LogP contribution in [0.1, 0.15) is 20.7 Å². The molecular formula is C14H11ClN2O3. The van der Waals surface area contributed by atoms with Crippen LogP contribution in [0, 0.1) is 0 Å². The monoisotopic (exact) mass is 290 g/mol. The lowest BCUT2D eigenvalue weighted by molar-refractivity contribution is 0.0601. The number of hydrogen-bond donors (Lipinski definition) is 1. The van der Waals surface area contributed by atoms with Gasteiger partial charge >= 0.3 is 5.97 Å². The van der Waals surface area contributed by atoms with Crippen LogP contribution in [0.15, 0.2) is 42.7 Å². The summed E-state index contributed by atoms with van der Waals surface area (Å²) in [5.41, 5.74) is 1.16. The second-order valence-electron chi connectivity index (χ2n) is 3.88. The molecule has 0 saturated heterocycles. The lowest BCUT2D eigenvalue weighted by Gasteiger charge is -2.07. The molecule has 0 unspecified atom stereocenters. The topological polar surface area (TPSA) is 68.3 Å². The Morgan fingerprint density at radius 1 is 1.30 bits per heavy atom. The van der Waals surface area contributed by atoms with Gasteiger partial charge in [-0.2, -0.15) is 0 Å². The van der Waals surface area contributed by atoms with Crippen LogP contribution in [0.4, 0.5) is 5.69 Å². The number of rotatable bonds is 3. The van der Waals surface area contributed by atoms with E-state index >= 15 is 0 Å². The van der Waals surface area contributed by atoms with E-state index in [4.69, 9.17) is 11.6 Å². The Bertz CT molecular complexity index is 644. The maximum absolute atomic E-state index is 11.9. The maximum Gasteiger partial charge on any atom is 0.339 e. The quantitative estimate of drug-likeness (QED) is 0.883. The van der Waals surface area contributed by atoms with Crippen LogP contribution in [-0.2, 0) is 4.74 Å². The highest BCUT2D eigenvalue weighted by atomic mass is 35.5. The molecule has 1 N–H and O–H groups in total. The van der Waals surface area contributed by atoms with Gasteiger partial charge in [-0.3, -0.25) is 9.78 Å². The summed E-state index contributed by atoms with van der Waals surface area (Å²) in [6.45, 7) is 0. The first kappa shape index (κ1) is 14.0. The van der Waals surface area contributed by atoms with Crippen LogP contribution < -0.4 is 5.32 Å². The molecular weight excluding hydrogens is 280 g/mol. The molecule has 102 valence electrons. The fraction of sp³-hybridized carbons (Fsp3) is 0.0714. The van der Waals surface area contributed by atoms with E-state index in [1.807, 2.05) is 0 Å². The van der Waals surface area contributed by atoms with E-state index in [0.717, 1.165) is 0 Å². The van der Waals surface area contributed by atoms with Gasteiger partial charge in [0.2, 0.25) is 0 Å². The van der Waals surface area contributed by atoms with Crippen LogP contribution in [0.2, 0.25) is 5.02 Å². The first-order valence-electron chi connectivity index (χ1n) is 5.71. The number of benzene rings is 1. The molecule has 5 nitrogen and oxygen atoms in total.